The van der Waals surface area contributed by atoms with E-state index in [0.29, 0.717) is 39.6 Å². The van der Waals surface area contributed by atoms with E-state index in [2.05, 4.69) is 9.83 Å². The van der Waals surface area contributed by atoms with Crippen LogP contribution < -0.4 is 4.74 Å². The van der Waals surface area contributed by atoms with Crippen LogP contribution in [-0.2, 0) is 10.2 Å². The van der Waals surface area contributed by atoms with Crippen LogP contribution in [0, 0.1) is 6.57 Å². The van der Waals surface area contributed by atoms with Gasteiger partial charge in [0.25, 0.3) is 0 Å². The summed E-state index contributed by atoms with van der Waals surface area (Å²) in [4.78, 5) is 21.1. The normalized spacial score (nSPS) is 11.9. The maximum absolute atomic E-state index is 13.1. The van der Waals surface area contributed by atoms with Crippen LogP contribution >= 0.6 is 0 Å². The number of hydrogen-bond donors (Lipinski definition) is 0. The Morgan fingerprint density at radius 2 is 1.86 bits per heavy atom. The lowest BCUT2D eigenvalue weighted by Crippen LogP contribution is -2.27. The van der Waals surface area contributed by atoms with Crippen LogP contribution in [0.4, 0.5) is 5.69 Å². The van der Waals surface area contributed by atoms with Gasteiger partial charge in [-0.1, -0.05) is 18.2 Å². The van der Waals surface area contributed by atoms with Gasteiger partial charge in [-0.05, 0) is 46.8 Å². The number of rotatable bonds is 4. The highest BCUT2D eigenvalue weighted by Gasteiger charge is 2.37. The molecule has 0 aliphatic carbocycles. The summed E-state index contributed by atoms with van der Waals surface area (Å²) in [5.74, 6) is 0.434. The van der Waals surface area contributed by atoms with Gasteiger partial charge in [0.1, 0.15) is 22.5 Å². The quantitative estimate of drug-likeness (QED) is 0.423. The molecule has 0 unspecified atom stereocenters. The zero-order valence-corrected chi connectivity index (χ0v) is 17.5. The summed E-state index contributed by atoms with van der Waals surface area (Å²) in [6.07, 6.45) is 0. The van der Waals surface area contributed by atoms with Gasteiger partial charge in [-0.2, -0.15) is 0 Å². The highest BCUT2D eigenvalue weighted by Crippen LogP contribution is 2.40. The monoisotopic (exact) mass is 392 g/mol. The first-order valence-electron chi connectivity index (χ1n) is 9.26. The van der Waals surface area contributed by atoms with Crippen LogP contribution in [0.1, 0.15) is 56.4 Å². The van der Waals surface area contributed by atoms with E-state index in [1.165, 1.54) is 0 Å². The van der Waals surface area contributed by atoms with Crippen molar-refractivity contribution in [1.82, 2.24) is 4.98 Å². The second-order valence-electron chi connectivity index (χ2n) is 8.29. The predicted molar refractivity (Wildman–Crippen MR) is 111 cm³/mol. The van der Waals surface area contributed by atoms with Crippen molar-refractivity contribution in [3.8, 4) is 5.88 Å². The van der Waals surface area contributed by atoms with Crippen molar-refractivity contribution in [2.75, 3.05) is 7.11 Å². The van der Waals surface area contributed by atoms with Gasteiger partial charge >= 0.3 is 5.97 Å². The van der Waals surface area contributed by atoms with Crippen LogP contribution in [0.3, 0.4) is 0 Å². The van der Waals surface area contributed by atoms with Crippen molar-refractivity contribution in [2.24, 2.45) is 0 Å². The molecule has 0 spiro atoms. The van der Waals surface area contributed by atoms with E-state index >= 15 is 0 Å². The van der Waals surface area contributed by atoms with E-state index < -0.39 is 17.0 Å². The number of benzene rings is 1. The first kappa shape index (κ1) is 20.4. The zero-order valence-electron chi connectivity index (χ0n) is 17.5. The Kier molecular flexibility index (Phi) is 5.10. The molecule has 3 aromatic rings. The lowest BCUT2D eigenvalue weighted by molar-refractivity contribution is 0.00677. The topological polar surface area (TPSA) is 65.9 Å². The molecule has 0 fully saturated rings. The standard InChI is InChI=1S/C23H24N2O4/c1-22(2,3)29-21(26)19-15-12-11-14(24-6)13-16(15)28-20(19)23(4,5)17-9-8-10-18(25-17)27-7/h8-13H,1-5,7H3. The molecule has 6 heteroatoms. The number of esters is 1. The third kappa shape index (κ3) is 3.95. The van der Waals surface area contributed by atoms with E-state index in [1.807, 2.05) is 46.8 Å². The SMILES string of the molecule is [C-]#[N+]c1ccc2c(C(=O)OC(C)(C)C)c(C(C)(C)c3cccc(OC)n3)oc2c1. The average Bonchev–Trinajstić information content (AvgIpc) is 3.06. The van der Waals surface area contributed by atoms with Gasteiger partial charge in [-0.15, -0.1) is 0 Å². The zero-order chi connectivity index (χ0) is 21.4. The molecule has 0 bridgehead atoms. The summed E-state index contributed by atoms with van der Waals surface area (Å²) in [6.45, 7) is 16.6. The van der Waals surface area contributed by atoms with E-state index in [-0.39, 0.29) is 0 Å². The fourth-order valence-electron chi connectivity index (χ4n) is 3.12. The maximum atomic E-state index is 13.1. The molecule has 6 nitrogen and oxygen atoms in total. The molecule has 0 radical (unpaired) electrons. The molecule has 0 aliphatic rings. The Labute approximate surface area is 170 Å². The number of aromatic nitrogens is 1. The maximum Gasteiger partial charge on any atom is 0.342 e. The fourth-order valence-corrected chi connectivity index (χ4v) is 3.12. The molecule has 3 rings (SSSR count). The number of nitrogens with zero attached hydrogens (tertiary/aromatic N) is 2. The minimum atomic E-state index is -0.752. The summed E-state index contributed by atoms with van der Waals surface area (Å²) in [6, 6.07) is 10.5. The Hall–Kier alpha value is -3.33. The number of carbonyl (C=O) groups excluding carboxylic acids is 1. The van der Waals surface area contributed by atoms with Gasteiger partial charge < -0.3 is 13.9 Å². The summed E-state index contributed by atoms with van der Waals surface area (Å²) in [7, 11) is 1.55. The van der Waals surface area contributed by atoms with E-state index in [4.69, 9.17) is 20.5 Å². The summed E-state index contributed by atoms with van der Waals surface area (Å²) < 4.78 is 17.1. The van der Waals surface area contributed by atoms with Crippen molar-refractivity contribution in [1.29, 1.82) is 0 Å². The summed E-state index contributed by atoms with van der Waals surface area (Å²) in [5.41, 5.74) is 0.522. The average molecular weight is 392 g/mol. The molecule has 0 atom stereocenters. The van der Waals surface area contributed by atoms with E-state index in [0.717, 1.165) is 0 Å². The highest BCUT2D eigenvalue weighted by atomic mass is 16.6. The molecule has 29 heavy (non-hydrogen) atoms. The van der Waals surface area contributed by atoms with Crippen molar-refractivity contribution < 1.29 is 18.7 Å². The van der Waals surface area contributed by atoms with Gasteiger partial charge in [0, 0.05) is 11.5 Å². The molecule has 2 aromatic heterocycles. The molecule has 0 saturated heterocycles. The molecule has 0 aliphatic heterocycles. The molecular weight excluding hydrogens is 368 g/mol. The van der Waals surface area contributed by atoms with Crippen molar-refractivity contribution in [3.63, 3.8) is 0 Å². The van der Waals surface area contributed by atoms with E-state index in [1.54, 1.807) is 31.4 Å². The Balaban J connectivity index is 2.26. The van der Waals surface area contributed by atoms with Crippen LogP contribution in [0.25, 0.3) is 15.8 Å². The molecule has 2 heterocycles. The number of carbonyl (C=O) groups is 1. The second kappa shape index (κ2) is 7.25. The smallest absolute Gasteiger partial charge is 0.342 e. The second-order valence-corrected chi connectivity index (χ2v) is 8.29. The van der Waals surface area contributed by atoms with Gasteiger partial charge in [0.2, 0.25) is 5.88 Å². The van der Waals surface area contributed by atoms with Crippen molar-refractivity contribution in [2.45, 2.75) is 45.6 Å². The first-order valence-corrected chi connectivity index (χ1v) is 9.26. The highest BCUT2D eigenvalue weighted by molar-refractivity contribution is 6.05. The van der Waals surface area contributed by atoms with Crippen molar-refractivity contribution >= 4 is 22.6 Å². The minimum Gasteiger partial charge on any atom is -0.481 e. The van der Waals surface area contributed by atoms with Gasteiger partial charge in [-0.3, -0.25) is 0 Å². The number of methoxy groups -OCH3 is 1. The first-order chi connectivity index (χ1) is 13.6. The number of pyridine rings is 1. The molecular formula is C23H24N2O4. The molecule has 1 aromatic carbocycles. The summed E-state index contributed by atoms with van der Waals surface area (Å²) in [5, 5.41) is 0.609. The van der Waals surface area contributed by atoms with Crippen molar-refractivity contribution in [3.05, 3.63) is 64.8 Å². The number of hydrogen-bond acceptors (Lipinski definition) is 5. The van der Waals surface area contributed by atoms with Crippen LogP contribution in [0.2, 0.25) is 0 Å². The van der Waals surface area contributed by atoms with Gasteiger partial charge in [0.15, 0.2) is 5.69 Å². The van der Waals surface area contributed by atoms with Crippen LogP contribution in [-0.4, -0.2) is 23.7 Å². The van der Waals surface area contributed by atoms with Crippen LogP contribution in [0.5, 0.6) is 5.88 Å². The third-order valence-corrected chi connectivity index (χ3v) is 4.55. The van der Waals surface area contributed by atoms with Gasteiger partial charge in [-0.25, -0.2) is 14.6 Å². The Morgan fingerprint density at radius 1 is 1.14 bits per heavy atom. The van der Waals surface area contributed by atoms with Crippen LogP contribution in [0.15, 0.2) is 40.8 Å². The summed E-state index contributed by atoms with van der Waals surface area (Å²) >= 11 is 0. The number of furan rings is 1. The predicted octanol–water partition coefficient (Wildman–Crippen LogP) is 5.67. The minimum absolute atomic E-state index is 0.348. The molecule has 0 saturated carbocycles. The molecule has 150 valence electrons. The van der Waals surface area contributed by atoms with E-state index in [9.17, 15) is 4.79 Å². The molecule has 0 amide bonds. The largest absolute Gasteiger partial charge is 0.481 e. The third-order valence-electron chi connectivity index (χ3n) is 4.55. The fraction of sp³-hybridized carbons (Fsp3) is 0.348. The molecule has 0 N–H and O–H groups in total. The Morgan fingerprint density at radius 3 is 2.48 bits per heavy atom. The number of fused-ring (bicyclic) bond motifs is 1. The van der Waals surface area contributed by atoms with Gasteiger partial charge in [0.05, 0.1) is 24.8 Å². The Bertz CT molecular complexity index is 1110. The number of ether oxygens (including phenoxy) is 2. The lowest BCUT2D eigenvalue weighted by atomic mass is 9.83. The lowest BCUT2D eigenvalue weighted by Gasteiger charge is -2.25.